The fraction of sp³-hybridized carbons (Fsp3) is 0.478. The predicted molar refractivity (Wildman–Crippen MR) is 119 cm³/mol. The third-order valence-corrected chi connectivity index (χ3v) is 6.69. The van der Waals surface area contributed by atoms with Gasteiger partial charge in [-0.05, 0) is 42.5 Å². The average Bonchev–Trinajstić information content (AvgIpc) is 3.29. The highest BCUT2D eigenvalue weighted by molar-refractivity contribution is 7.10. The summed E-state index contributed by atoms with van der Waals surface area (Å²) in [6.45, 7) is 5.46. The van der Waals surface area contributed by atoms with Crippen molar-refractivity contribution in [1.29, 1.82) is 0 Å². The van der Waals surface area contributed by atoms with Crippen LogP contribution in [0.2, 0.25) is 0 Å². The minimum absolute atomic E-state index is 0.0390. The molecule has 0 N–H and O–H groups in total. The second kappa shape index (κ2) is 9.51. The molecular formula is C23H30N2O4S. The number of methoxy groups -OCH3 is 2. The Morgan fingerprint density at radius 3 is 2.47 bits per heavy atom. The van der Waals surface area contributed by atoms with Crippen LogP contribution >= 0.6 is 11.3 Å². The lowest BCUT2D eigenvalue weighted by atomic mass is 9.81. The zero-order valence-corrected chi connectivity index (χ0v) is 19.1. The molecule has 0 aliphatic carbocycles. The lowest BCUT2D eigenvalue weighted by molar-refractivity contribution is -0.134. The summed E-state index contributed by atoms with van der Waals surface area (Å²) in [7, 11) is 4.88. The molecule has 0 bridgehead atoms. The Labute approximate surface area is 182 Å². The van der Waals surface area contributed by atoms with Crippen LogP contribution in [0.5, 0.6) is 11.5 Å². The lowest BCUT2D eigenvalue weighted by Crippen LogP contribution is -2.47. The van der Waals surface area contributed by atoms with Crippen LogP contribution in [0.3, 0.4) is 0 Å². The second-order valence-electron chi connectivity index (χ2n) is 7.42. The van der Waals surface area contributed by atoms with E-state index in [1.165, 1.54) is 0 Å². The van der Waals surface area contributed by atoms with Crippen LogP contribution < -0.4 is 9.47 Å². The van der Waals surface area contributed by atoms with Crippen LogP contribution in [-0.2, 0) is 4.79 Å². The van der Waals surface area contributed by atoms with Crippen molar-refractivity contribution in [3.05, 3.63) is 45.6 Å². The summed E-state index contributed by atoms with van der Waals surface area (Å²) < 4.78 is 10.9. The summed E-state index contributed by atoms with van der Waals surface area (Å²) in [5.74, 6) is 0.421. The third kappa shape index (κ3) is 3.90. The van der Waals surface area contributed by atoms with E-state index in [1.807, 2.05) is 29.3 Å². The first-order valence-corrected chi connectivity index (χ1v) is 11.2. The number of likely N-dealkylation sites (N-methyl/N-ethyl adjacent to an activating group) is 2. The molecule has 2 aromatic rings. The quantitative estimate of drug-likeness (QED) is 0.626. The summed E-state index contributed by atoms with van der Waals surface area (Å²) in [6, 6.07) is 7.09. The molecule has 162 valence electrons. The van der Waals surface area contributed by atoms with Crippen LogP contribution in [0, 0.1) is 0 Å². The summed E-state index contributed by atoms with van der Waals surface area (Å²) in [5, 5.41) is 1.98. The number of thiophene rings is 1. The normalized spacial score (nSPS) is 18.2. The van der Waals surface area contributed by atoms with Gasteiger partial charge in [-0.15, -0.1) is 11.3 Å². The van der Waals surface area contributed by atoms with E-state index in [0.717, 1.165) is 17.7 Å². The highest BCUT2D eigenvalue weighted by atomic mass is 32.1. The number of rotatable bonds is 8. The number of hydrogen-bond acceptors (Lipinski definition) is 5. The monoisotopic (exact) mass is 430 g/mol. The molecule has 0 fully saturated rings. The van der Waals surface area contributed by atoms with Gasteiger partial charge in [0.2, 0.25) is 5.91 Å². The van der Waals surface area contributed by atoms with E-state index in [2.05, 4.69) is 6.92 Å². The van der Waals surface area contributed by atoms with Crippen molar-refractivity contribution in [2.75, 3.05) is 34.4 Å². The van der Waals surface area contributed by atoms with E-state index in [0.29, 0.717) is 35.7 Å². The second-order valence-corrected chi connectivity index (χ2v) is 8.40. The van der Waals surface area contributed by atoms with Gasteiger partial charge in [-0.1, -0.05) is 19.4 Å². The highest BCUT2D eigenvalue weighted by Crippen LogP contribution is 2.47. The largest absolute Gasteiger partial charge is 0.493 e. The van der Waals surface area contributed by atoms with Crippen molar-refractivity contribution < 1.29 is 19.1 Å². The first-order valence-electron chi connectivity index (χ1n) is 10.3. The number of hydrogen-bond donors (Lipinski definition) is 0. The van der Waals surface area contributed by atoms with Gasteiger partial charge in [-0.2, -0.15) is 0 Å². The van der Waals surface area contributed by atoms with Crippen molar-refractivity contribution in [1.82, 2.24) is 9.80 Å². The number of amides is 2. The lowest BCUT2D eigenvalue weighted by Gasteiger charge is -2.41. The highest BCUT2D eigenvalue weighted by Gasteiger charge is 2.45. The van der Waals surface area contributed by atoms with Gasteiger partial charge in [-0.3, -0.25) is 9.59 Å². The number of benzene rings is 1. The van der Waals surface area contributed by atoms with Crippen LogP contribution in [-0.4, -0.2) is 56.0 Å². The molecule has 2 heterocycles. The van der Waals surface area contributed by atoms with E-state index < -0.39 is 5.92 Å². The van der Waals surface area contributed by atoms with E-state index in [4.69, 9.17) is 9.47 Å². The van der Waals surface area contributed by atoms with Gasteiger partial charge in [0.1, 0.15) is 0 Å². The molecule has 1 aromatic carbocycles. The molecule has 2 amide bonds. The molecule has 1 aromatic heterocycles. The molecule has 0 unspecified atom stereocenters. The average molecular weight is 431 g/mol. The molecule has 1 aliphatic heterocycles. The molecule has 2 atom stereocenters. The number of unbranched alkanes of at least 4 members (excludes halogenated alkanes) is 1. The van der Waals surface area contributed by atoms with Crippen LogP contribution in [0.25, 0.3) is 0 Å². The Balaban J connectivity index is 2.19. The molecule has 7 heteroatoms. The molecule has 30 heavy (non-hydrogen) atoms. The summed E-state index contributed by atoms with van der Waals surface area (Å²) in [5.41, 5.74) is 1.20. The standard InChI is InChI=1S/C23H30N2O4S/c1-6-8-11-25(7-2)23(27)20-15-13-17(28-4)18(29-5)14-16(15)22(26)24(3)21(20)19-10-9-12-30-19/h9-10,12-14,20-21H,6-8,11H2,1-5H3/t20-,21+/m1/s1. The molecule has 3 rings (SSSR count). The summed E-state index contributed by atoms with van der Waals surface area (Å²) in [6.07, 6.45) is 1.96. The van der Waals surface area contributed by atoms with E-state index in [1.54, 1.807) is 49.6 Å². The van der Waals surface area contributed by atoms with E-state index in [-0.39, 0.29) is 17.9 Å². The van der Waals surface area contributed by atoms with Gasteiger partial charge in [0.15, 0.2) is 11.5 Å². The molecule has 0 spiro atoms. The van der Waals surface area contributed by atoms with Crippen molar-refractivity contribution in [2.45, 2.75) is 38.6 Å². The fourth-order valence-electron chi connectivity index (χ4n) is 4.10. The van der Waals surface area contributed by atoms with Crippen molar-refractivity contribution in [2.24, 2.45) is 0 Å². The van der Waals surface area contributed by atoms with Gasteiger partial charge >= 0.3 is 0 Å². The third-order valence-electron chi connectivity index (χ3n) is 5.75. The van der Waals surface area contributed by atoms with Gasteiger partial charge in [0.05, 0.1) is 26.2 Å². The van der Waals surface area contributed by atoms with Gasteiger partial charge in [0, 0.05) is 30.6 Å². The first kappa shape index (κ1) is 22.2. The number of carbonyl (C=O) groups excluding carboxylic acids is 2. The zero-order chi connectivity index (χ0) is 21.8. The summed E-state index contributed by atoms with van der Waals surface area (Å²) >= 11 is 1.57. The fourth-order valence-corrected chi connectivity index (χ4v) is 5.00. The van der Waals surface area contributed by atoms with E-state index >= 15 is 0 Å². The Kier molecular flexibility index (Phi) is 7.02. The van der Waals surface area contributed by atoms with Gasteiger partial charge in [0.25, 0.3) is 5.91 Å². The molecule has 0 saturated carbocycles. The van der Waals surface area contributed by atoms with Crippen molar-refractivity contribution in [3.63, 3.8) is 0 Å². The van der Waals surface area contributed by atoms with Gasteiger partial charge < -0.3 is 19.3 Å². The van der Waals surface area contributed by atoms with Gasteiger partial charge in [-0.25, -0.2) is 0 Å². The van der Waals surface area contributed by atoms with Crippen molar-refractivity contribution >= 4 is 23.2 Å². The number of ether oxygens (including phenoxy) is 2. The number of nitrogens with zero attached hydrogens (tertiary/aromatic N) is 2. The maximum Gasteiger partial charge on any atom is 0.254 e. The topological polar surface area (TPSA) is 59.1 Å². The molecule has 1 aliphatic rings. The Morgan fingerprint density at radius 1 is 1.20 bits per heavy atom. The predicted octanol–water partition coefficient (Wildman–Crippen LogP) is 4.32. The molecule has 0 radical (unpaired) electrons. The minimum Gasteiger partial charge on any atom is -0.493 e. The SMILES string of the molecule is CCCCN(CC)C(=O)[C@@H]1c2cc(OC)c(OC)cc2C(=O)N(C)[C@H]1c1cccs1. The maximum absolute atomic E-state index is 13.8. The smallest absolute Gasteiger partial charge is 0.254 e. The summed E-state index contributed by atoms with van der Waals surface area (Å²) in [4.78, 5) is 31.7. The van der Waals surface area contributed by atoms with E-state index in [9.17, 15) is 9.59 Å². The number of fused-ring (bicyclic) bond motifs is 1. The minimum atomic E-state index is -0.502. The Bertz CT molecular complexity index is 897. The zero-order valence-electron chi connectivity index (χ0n) is 18.3. The first-order chi connectivity index (χ1) is 14.5. The molecule has 6 nitrogen and oxygen atoms in total. The maximum atomic E-state index is 13.8. The van der Waals surface area contributed by atoms with Crippen LogP contribution in [0.4, 0.5) is 0 Å². The van der Waals surface area contributed by atoms with Crippen molar-refractivity contribution in [3.8, 4) is 11.5 Å². The Hall–Kier alpha value is -2.54. The molecule has 0 saturated heterocycles. The van der Waals surface area contributed by atoms with Crippen LogP contribution in [0.1, 0.15) is 59.4 Å². The molecular weight excluding hydrogens is 400 g/mol. The number of carbonyl (C=O) groups is 2. The van der Waals surface area contributed by atoms with Crippen LogP contribution in [0.15, 0.2) is 29.6 Å². The Morgan fingerprint density at radius 2 is 1.90 bits per heavy atom.